The number of alkyl halides is 3. The molecule has 1 aliphatic heterocycles. The van der Waals surface area contributed by atoms with Crippen LogP contribution < -0.4 is 10.1 Å². The Hall–Kier alpha value is -2.03. The quantitative estimate of drug-likeness (QED) is 0.824. The van der Waals surface area contributed by atoms with Gasteiger partial charge in [-0.3, -0.25) is 9.59 Å². The predicted octanol–water partition coefficient (Wildman–Crippen LogP) is 2.42. The molecule has 1 saturated heterocycles. The lowest BCUT2D eigenvalue weighted by Gasteiger charge is -2.15. The number of hydrogen-bond acceptors (Lipinski definition) is 4. The second kappa shape index (κ2) is 8.37. The van der Waals surface area contributed by atoms with Crippen LogP contribution in [0.3, 0.4) is 0 Å². The highest BCUT2D eigenvalue weighted by molar-refractivity contribution is 6.32. The number of halogens is 4. The molecule has 0 bridgehead atoms. The number of ether oxygens (including phenoxy) is 1. The van der Waals surface area contributed by atoms with Crippen LogP contribution in [0.15, 0.2) is 12.3 Å². The molecule has 1 aliphatic rings. The molecular weight excluding hydrogens is 363 g/mol. The summed E-state index contributed by atoms with van der Waals surface area (Å²) in [5.74, 6) is -0.949. The minimum Gasteiger partial charge on any atom is -0.467 e. The van der Waals surface area contributed by atoms with E-state index in [4.69, 9.17) is 11.6 Å². The Morgan fingerprint density at radius 3 is 2.60 bits per heavy atom. The minimum absolute atomic E-state index is 0.0233. The van der Waals surface area contributed by atoms with Crippen LogP contribution in [0.2, 0.25) is 5.02 Å². The van der Waals surface area contributed by atoms with Crippen molar-refractivity contribution in [1.29, 1.82) is 0 Å². The molecule has 6 nitrogen and oxygen atoms in total. The van der Waals surface area contributed by atoms with Crippen molar-refractivity contribution in [3.05, 3.63) is 22.8 Å². The Kier molecular flexibility index (Phi) is 6.46. The standard InChI is InChI=1S/C15H17ClF3N3O3/c16-11-7-10(8-21-14(11)25-9-15(17,18)19)13(24)20-4-3-12(23)22-5-1-2-6-22/h7-8H,1-6,9H2,(H,20,24). The second-order valence-corrected chi connectivity index (χ2v) is 5.92. The number of likely N-dealkylation sites (tertiary alicyclic amines) is 1. The first-order valence-electron chi connectivity index (χ1n) is 7.67. The summed E-state index contributed by atoms with van der Waals surface area (Å²) in [6, 6.07) is 1.16. The highest BCUT2D eigenvalue weighted by Gasteiger charge is 2.29. The SMILES string of the molecule is O=C(NCCC(=O)N1CCCC1)c1cnc(OCC(F)(F)F)c(Cl)c1. The van der Waals surface area contributed by atoms with Gasteiger partial charge in [0.2, 0.25) is 11.8 Å². The van der Waals surface area contributed by atoms with E-state index in [1.54, 1.807) is 4.90 Å². The highest BCUT2D eigenvalue weighted by Crippen LogP contribution is 2.24. The molecule has 2 amide bonds. The van der Waals surface area contributed by atoms with E-state index < -0.39 is 24.6 Å². The molecule has 2 rings (SSSR count). The van der Waals surface area contributed by atoms with E-state index in [0.29, 0.717) is 0 Å². The van der Waals surface area contributed by atoms with Crippen LogP contribution in [0.4, 0.5) is 13.2 Å². The van der Waals surface area contributed by atoms with E-state index in [0.717, 1.165) is 38.2 Å². The molecule has 1 aromatic rings. The number of hydrogen-bond donors (Lipinski definition) is 1. The van der Waals surface area contributed by atoms with Gasteiger partial charge in [0.25, 0.3) is 5.91 Å². The fraction of sp³-hybridized carbons (Fsp3) is 0.533. The predicted molar refractivity (Wildman–Crippen MR) is 83.6 cm³/mol. The third-order valence-corrected chi connectivity index (χ3v) is 3.80. The zero-order valence-electron chi connectivity index (χ0n) is 13.2. The number of amides is 2. The molecule has 0 radical (unpaired) electrons. The molecule has 0 saturated carbocycles. The maximum absolute atomic E-state index is 12.1. The summed E-state index contributed by atoms with van der Waals surface area (Å²) < 4.78 is 40.8. The van der Waals surface area contributed by atoms with Crippen molar-refractivity contribution in [2.24, 2.45) is 0 Å². The summed E-state index contributed by atoms with van der Waals surface area (Å²) in [6.07, 6.45) is -1.28. The Bertz CT molecular complexity index is 634. The topological polar surface area (TPSA) is 71.5 Å². The summed E-state index contributed by atoms with van der Waals surface area (Å²) in [4.78, 5) is 29.2. The zero-order valence-corrected chi connectivity index (χ0v) is 14.0. The van der Waals surface area contributed by atoms with Gasteiger partial charge in [0.1, 0.15) is 5.02 Å². The van der Waals surface area contributed by atoms with Gasteiger partial charge in [-0.15, -0.1) is 0 Å². The van der Waals surface area contributed by atoms with E-state index in [2.05, 4.69) is 15.0 Å². The summed E-state index contributed by atoms with van der Waals surface area (Å²) in [7, 11) is 0. The molecule has 1 N–H and O–H groups in total. The first-order valence-corrected chi connectivity index (χ1v) is 8.05. The number of carbonyl (C=O) groups excluding carboxylic acids is 2. The van der Waals surface area contributed by atoms with Crippen LogP contribution in [0.25, 0.3) is 0 Å². The lowest BCUT2D eigenvalue weighted by Crippen LogP contribution is -2.32. The van der Waals surface area contributed by atoms with E-state index in [-0.39, 0.29) is 29.5 Å². The van der Waals surface area contributed by atoms with Crippen LogP contribution in [-0.4, -0.2) is 54.1 Å². The molecule has 0 spiro atoms. The van der Waals surface area contributed by atoms with Gasteiger partial charge in [-0.1, -0.05) is 11.6 Å². The average Bonchev–Trinajstić information content (AvgIpc) is 3.07. The number of nitrogens with one attached hydrogen (secondary N) is 1. The Morgan fingerprint density at radius 1 is 1.32 bits per heavy atom. The summed E-state index contributed by atoms with van der Waals surface area (Å²) in [6.45, 7) is 0.110. The van der Waals surface area contributed by atoms with Crippen molar-refractivity contribution < 1.29 is 27.5 Å². The summed E-state index contributed by atoms with van der Waals surface area (Å²) in [5.41, 5.74) is 0.0676. The first kappa shape index (κ1) is 19.3. The van der Waals surface area contributed by atoms with Crippen molar-refractivity contribution in [3.63, 3.8) is 0 Å². The maximum Gasteiger partial charge on any atom is 0.422 e. The molecule has 10 heteroatoms. The number of aromatic nitrogens is 1. The van der Waals surface area contributed by atoms with Crippen molar-refractivity contribution in [1.82, 2.24) is 15.2 Å². The van der Waals surface area contributed by atoms with Crippen molar-refractivity contribution in [2.75, 3.05) is 26.2 Å². The summed E-state index contributed by atoms with van der Waals surface area (Å²) >= 11 is 5.78. The molecule has 1 aromatic heterocycles. The molecule has 0 aliphatic carbocycles. The largest absolute Gasteiger partial charge is 0.467 e. The van der Waals surface area contributed by atoms with Crippen LogP contribution in [-0.2, 0) is 4.79 Å². The first-order chi connectivity index (χ1) is 11.8. The molecule has 1 fully saturated rings. The van der Waals surface area contributed by atoms with Gasteiger partial charge < -0.3 is 15.0 Å². The number of nitrogens with zero attached hydrogens (tertiary/aromatic N) is 2. The van der Waals surface area contributed by atoms with E-state index in [9.17, 15) is 22.8 Å². The van der Waals surface area contributed by atoms with Gasteiger partial charge in [-0.25, -0.2) is 4.98 Å². The zero-order chi connectivity index (χ0) is 18.4. The van der Waals surface area contributed by atoms with Crippen LogP contribution in [0.1, 0.15) is 29.6 Å². The van der Waals surface area contributed by atoms with Gasteiger partial charge in [0, 0.05) is 32.3 Å². The van der Waals surface area contributed by atoms with Gasteiger partial charge in [-0.05, 0) is 18.9 Å². The number of pyridine rings is 1. The third kappa shape index (κ3) is 6.08. The Labute approximate surface area is 147 Å². The van der Waals surface area contributed by atoms with Crippen molar-refractivity contribution >= 4 is 23.4 Å². The van der Waals surface area contributed by atoms with Crippen LogP contribution in [0.5, 0.6) is 5.88 Å². The number of carbonyl (C=O) groups is 2. The van der Waals surface area contributed by atoms with E-state index >= 15 is 0 Å². The average molecular weight is 380 g/mol. The highest BCUT2D eigenvalue weighted by atomic mass is 35.5. The van der Waals surface area contributed by atoms with E-state index in [1.807, 2.05) is 0 Å². The molecule has 0 aromatic carbocycles. The fourth-order valence-corrected chi connectivity index (χ4v) is 2.54. The van der Waals surface area contributed by atoms with Crippen LogP contribution in [0, 0.1) is 0 Å². The maximum atomic E-state index is 12.1. The van der Waals surface area contributed by atoms with Crippen molar-refractivity contribution in [2.45, 2.75) is 25.4 Å². The smallest absolute Gasteiger partial charge is 0.422 e. The van der Waals surface area contributed by atoms with Gasteiger partial charge in [0.05, 0.1) is 5.56 Å². The fourth-order valence-electron chi connectivity index (χ4n) is 2.32. The molecule has 2 heterocycles. The van der Waals surface area contributed by atoms with Crippen LogP contribution >= 0.6 is 11.6 Å². The minimum atomic E-state index is -4.51. The monoisotopic (exact) mass is 379 g/mol. The molecule has 25 heavy (non-hydrogen) atoms. The molecule has 0 unspecified atom stereocenters. The van der Waals surface area contributed by atoms with Gasteiger partial charge in [-0.2, -0.15) is 13.2 Å². The lowest BCUT2D eigenvalue weighted by molar-refractivity contribution is -0.154. The van der Waals surface area contributed by atoms with Gasteiger partial charge in [0.15, 0.2) is 6.61 Å². The van der Waals surface area contributed by atoms with E-state index in [1.165, 1.54) is 0 Å². The molecule has 138 valence electrons. The normalized spacial score (nSPS) is 14.5. The summed E-state index contributed by atoms with van der Waals surface area (Å²) in [5, 5.41) is 2.35. The Balaban J connectivity index is 1.82. The Morgan fingerprint density at radius 2 is 2.00 bits per heavy atom. The van der Waals surface area contributed by atoms with Crippen molar-refractivity contribution in [3.8, 4) is 5.88 Å². The lowest BCUT2D eigenvalue weighted by atomic mass is 10.2. The van der Waals surface area contributed by atoms with Gasteiger partial charge >= 0.3 is 6.18 Å². The second-order valence-electron chi connectivity index (χ2n) is 5.51. The third-order valence-electron chi connectivity index (χ3n) is 3.53. The molecular formula is C15H17ClF3N3O3. The number of rotatable bonds is 6. The molecule has 0 atom stereocenters.